The van der Waals surface area contributed by atoms with E-state index in [9.17, 15) is 0 Å². The number of hydrogen-bond donors (Lipinski definition) is 1. The highest BCUT2D eigenvalue weighted by Gasteiger charge is 2.26. The van der Waals surface area contributed by atoms with Gasteiger partial charge in [0.25, 0.3) is 0 Å². The third-order valence-corrected chi connectivity index (χ3v) is 6.82. The molecule has 5 rings (SSSR count). The molecule has 2 aliphatic carbocycles. The summed E-state index contributed by atoms with van der Waals surface area (Å²) in [4.78, 5) is 5.19. The van der Waals surface area contributed by atoms with Crippen LogP contribution in [0.3, 0.4) is 0 Å². The molecule has 0 spiro atoms. The molecule has 2 heterocycles. The van der Waals surface area contributed by atoms with Crippen LogP contribution in [0.5, 0.6) is 5.75 Å². The number of benzene rings is 1. The summed E-state index contributed by atoms with van der Waals surface area (Å²) in [6.07, 6.45) is 15.2. The molecule has 0 unspecified atom stereocenters. The van der Waals surface area contributed by atoms with E-state index in [1.165, 1.54) is 81.3 Å². The molecule has 3 aromatic rings. The standard InChI is InChI=1S/C26H33N3O/c1-4-11-20(12-5-1)19-30-23-17-10-18-29-25(23)28-24(21-13-6-2-7-14-21)26(29)27-22-15-8-3-9-16-22/h1,4-5,10-12,17-18,21-22,27H,2-3,6-9,13-16,19H2. The Labute approximate surface area is 179 Å². The van der Waals surface area contributed by atoms with E-state index < -0.39 is 0 Å². The van der Waals surface area contributed by atoms with Crippen LogP contribution < -0.4 is 10.1 Å². The minimum absolute atomic E-state index is 0.562. The minimum atomic E-state index is 0.562. The van der Waals surface area contributed by atoms with Crippen molar-refractivity contribution in [1.29, 1.82) is 0 Å². The molecular formula is C26H33N3O. The van der Waals surface area contributed by atoms with Crippen molar-refractivity contribution >= 4 is 11.5 Å². The zero-order valence-corrected chi connectivity index (χ0v) is 17.9. The Balaban J connectivity index is 1.48. The predicted octanol–water partition coefficient (Wildman–Crippen LogP) is 6.71. The molecule has 4 nitrogen and oxygen atoms in total. The number of nitrogens with one attached hydrogen (secondary N) is 1. The van der Waals surface area contributed by atoms with Gasteiger partial charge in [-0.3, -0.25) is 4.40 Å². The van der Waals surface area contributed by atoms with Crippen LogP contribution in [0.4, 0.5) is 5.82 Å². The topological polar surface area (TPSA) is 38.6 Å². The van der Waals surface area contributed by atoms with Gasteiger partial charge < -0.3 is 10.1 Å². The van der Waals surface area contributed by atoms with E-state index >= 15 is 0 Å². The molecule has 0 bridgehead atoms. The Morgan fingerprint density at radius 2 is 1.60 bits per heavy atom. The number of hydrogen-bond acceptors (Lipinski definition) is 3. The fraction of sp³-hybridized carbons (Fsp3) is 0.500. The molecule has 1 N–H and O–H groups in total. The number of anilines is 1. The van der Waals surface area contributed by atoms with E-state index in [1.807, 2.05) is 6.07 Å². The van der Waals surface area contributed by atoms with Gasteiger partial charge >= 0.3 is 0 Å². The number of ether oxygens (including phenoxy) is 1. The third-order valence-electron chi connectivity index (χ3n) is 6.82. The number of imidazole rings is 1. The summed E-state index contributed by atoms with van der Waals surface area (Å²) in [5, 5.41) is 3.92. The van der Waals surface area contributed by atoms with Crippen molar-refractivity contribution in [3.8, 4) is 5.75 Å². The van der Waals surface area contributed by atoms with Gasteiger partial charge in [0, 0.05) is 18.2 Å². The van der Waals surface area contributed by atoms with E-state index in [-0.39, 0.29) is 0 Å². The van der Waals surface area contributed by atoms with Gasteiger partial charge in [0.1, 0.15) is 12.4 Å². The summed E-state index contributed by atoms with van der Waals surface area (Å²) in [5.74, 6) is 2.65. The second-order valence-electron chi connectivity index (χ2n) is 9.00. The summed E-state index contributed by atoms with van der Waals surface area (Å²) >= 11 is 0. The lowest BCUT2D eigenvalue weighted by Gasteiger charge is -2.26. The second-order valence-corrected chi connectivity index (χ2v) is 9.00. The fourth-order valence-electron chi connectivity index (χ4n) is 5.15. The monoisotopic (exact) mass is 403 g/mol. The molecule has 158 valence electrons. The number of aromatic nitrogens is 2. The Hall–Kier alpha value is -2.49. The Morgan fingerprint density at radius 1 is 0.867 bits per heavy atom. The normalized spacial score (nSPS) is 18.5. The van der Waals surface area contributed by atoms with Crippen LogP contribution >= 0.6 is 0 Å². The molecule has 2 saturated carbocycles. The van der Waals surface area contributed by atoms with Gasteiger partial charge in [-0.1, -0.05) is 68.9 Å². The Kier molecular flexibility index (Phi) is 5.91. The van der Waals surface area contributed by atoms with Crippen LogP contribution in [0.1, 0.15) is 81.4 Å². The van der Waals surface area contributed by atoms with Gasteiger partial charge in [0.15, 0.2) is 11.4 Å². The lowest BCUT2D eigenvalue weighted by molar-refractivity contribution is 0.308. The third kappa shape index (κ3) is 4.19. The largest absolute Gasteiger partial charge is 0.485 e. The van der Waals surface area contributed by atoms with Crippen molar-refractivity contribution in [3.63, 3.8) is 0 Å². The van der Waals surface area contributed by atoms with Crippen LogP contribution in [0.2, 0.25) is 0 Å². The van der Waals surface area contributed by atoms with Gasteiger partial charge in [-0.25, -0.2) is 4.98 Å². The predicted molar refractivity (Wildman–Crippen MR) is 122 cm³/mol. The van der Waals surface area contributed by atoms with Gasteiger partial charge in [0.2, 0.25) is 0 Å². The number of rotatable bonds is 6. The molecular weight excluding hydrogens is 370 g/mol. The fourth-order valence-corrected chi connectivity index (χ4v) is 5.15. The maximum absolute atomic E-state index is 6.24. The molecule has 1 aromatic carbocycles. The molecule has 0 amide bonds. The van der Waals surface area contributed by atoms with Gasteiger partial charge in [-0.05, 0) is 43.4 Å². The molecule has 0 saturated heterocycles. The lowest BCUT2D eigenvalue weighted by atomic mass is 9.86. The van der Waals surface area contributed by atoms with Crippen LogP contribution in [-0.4, -0.2) is 15.4 Å². The summed E-state index contributed by atoms with van der Waals surface area (Å²) in [7, 11) is 0. The van der Waals surface area contributed by atoms with E-state index in [2.05, 4.69) is 52.3 Å². The molecule has 2 fully saturated rings. The average Bonchev–Trinajstić information content (AvgIpc) is 3.18. The van der Waals surface area contributed by atoms with E-state index in [0.717, 1.165) is 11.4 Å². The first-order chi connectivity index (χ1) is 14.9. The molecule has 2 aromatic heterocycles. The van der Waals surface area contributed by atoms with Crippen LogP contribution in [0.15, 0.2) is 48.7 Å². The first-order valence-electron chi connectivity index (χ1n) is 11.8. The number of pyridine rings is 1. The van der Waals surface area contributed by atoms with Crippen molar-refractivity contribution < 1.29 is 4.74 Å². The van der Waals surface area contributed by atoms with Crippen molar-refractivity contribution in [2.24, 2.45) is 0 Å². The summed E-state index contributed by atoms with van der Waals surface area (Å²) in [6.45, 7) is 0.567. The summed E-state index contributed by atoms with van der Waals surface area (Å²) in [5.41, 5.74) is 3.39. The van der Waals surface area contributed by atoms with Crippen LogP contribution in [-0.2, 0) is 6.61 Å². The maximum Gasteiger partial charge on any atom is 0.181 e. The van der Waals surface area contributed by atoms with Crippen LogP contribution in [0.25, 0.3) is 5.65 Å². The highest BCUT2D eigenvalue weighted by atomic mass is 16.5. The van der Waals surface area contributed by atoms with Crippen molar-refractivity contribution in [1.82, 2.24) is 9.38 Å². The average molecular weight is 404 g/mol. The summed E-state index contributed by atoms with van der Waals surface area (Å²) < 4.78 is 8.49. The van der Waals surface area contributed by atoms with Gasteiger partial charge in [-0.2, -0.15) is 0 Å². The highest BCUT2D eigenvalue weighted by molar-refractivity contribution is 5.63. The molecule has 30 heavy (non-hydrogen) atoms. The SMILES string of the molecule is c1ccc(COc2cccn3c(NC4CCCCC4)c(C4CCCCC4)nc23)cc1. The smallest absolute Gasteiger partial charge is 0.181 e. The van der Waals surface area contributed by atoms with E-state index in [4.69, 9.17) is 9.72 Å². The molecule has 2 aliphatic rings. The Bertz CT molecular complexity index is 953. The molecule has 0 radical (unpaired) electrons. The quantitative estimate of drug-likeness (QED) is 0.497. The zero-order chi connectivity index (χ0) is 20.2. The lowest BCUT2D eigenvalue weighted by Crippen LogP contribution is -2.24. The molecule has 4 heteroatoms. The van der Waals surface area contributed by atoms with Gasteiger partial charge in [0.05, 0.1) is 5.69 Å². The number of fused-ring (bicyclic) bond motifs is 1. The van der Waals surface area contributed by atoms with Crippen molar-refractivity contribution in [2.45, 2.75) is 82.8 Å². The number of nitrogens with zero attached hydrogens (tertiary/aromatic N) is 2. The molecule has 0 aliphatic heterocycles. The first-order valence-corrected chi connectivity index (χ1v) is 11.8. The summed E-state index contributed by atoms with van der Waals surface area (Å²) in [6, 6.07) is 15.1. The van der Waals surface area contributed by atoms with E-state index in [0.29, 0.717) is 18.6 Å². The van der Waals surface area contributed by atoms with Crippen LogP contribution in [0, 0.1) is 0 Å². The van der Waals surface area contributed by atoms with Gasteiger partial charge in [-0.15, -0.1) is 0 Å². The zero-order valence-electron chi connectivity index (χ0n) is 17.9. The van der Waals surface area contributed by atoms with Crippen molar-refractivity contribution in [3.05, 3.63) is 59.9 Å². The Morgan fingerprint density at radius 3 is 2.37 bits per heavy atom. The van der Waals surface area contributed by atoms with E-state index in [1.54, 1.807) is 0 Å². The highest BCUT2D eigenvalue weighted by Crippen LogP contribution is 2.39. The second kappa shape index (κ2) is 9.11. The van der Waals surface area contributed by atoms with Crippen molar-refractivity contribution in [2.75, 3.05) is 5.32 Å². The minimum Gasteiger partial charge on any atom is -0.485 e. The molecule has 0 atom stereocenters. The maximum atomic E-state index is 6.24. The first kappa shape index (κ1) is 19.5.